The van der Waals surface area contributed by atoms with Crippen molar-refractivity contribution in [3.63, 3.8) is 0 Å². The molecule has 0 spiro atoms. The van der Waals surface area contributed by atoms with Gasteiger partial charge in [-0.2, -0.15) is 0 Å². The van der Waals surface area contributed by atoms with E-state index < -0.39 is 6.04 Å². The van der Waals surface area contributed by atoms with Gasteiger partial charge in [-0.25, -0.2) is 0 Å². The number of hydrogen-bond donors (Lipinski definition) is 1. The second kappa shape index (κ2) is 10.3. The minimum Gasteiger partial charge on any atom is -0.355 e. The fourth-order valence-electron chi connectivity index (χ4n) is 2.82. The zero-order valence-electron chi connectivity index (χ0n) is 15.5. The molecule has 144 valence electrons. The molecular formula is C21H24Cl2N2O2. The van der Waals surface area contributed by atoms with E-state index in [-0.39, 0.29) is 18.2 Å². The molecule has 0 heterocycles. The lowest BCUT2D eigenvalue weighted by atomic mass is 10.1. The number of benzene rings is 2. The summed E-state index contributed by atoms with van der Waals surface area (Å²) in [6.07, 6.45) is 0.792. The molecule has 1 unspecified atom stereocenters. The summed E-state index contributed by atoms with van der Waals surface area (Å²) in [6, 6.07) is 14.2. The topological polar surface area (TPSA) is 49.4 Å². The molecule has 0 saturated heterocycles. The van der Waals surface area contributed by atoms with Crippen LogP contribution in [0.1, 0.15) is 31.4 Å². The van der Waals surface area contributed by atoms with Gasteiger partial charge in [-0.15, -0.1) is 0 Å². The standard InChI is InChI=1S/C21H24Cl2N2O2/c1-3-24-21(27)15(2)25(14-16-7-6-9-18(22)13-16)20(26)12-11-17-8-4-5-10-19(17)23/h4-10,13,15H,3,11-12,14H2,1-2H3,(H,24,27). The minimum absolute atomic E-state index is 0.103. The highest BCUT2D eigenvalue weighted by Crippen LogP contribution is 2.19. The van der Waals surface area contributed by atoms with Crippen LogP contribution in [0.3, 0.4) is 0 Å². The van der Waals surface area contributed by atoms with E-state index in [1.165, 1.54) is 0 Å². The van der Waals surface area contributed by atoms with Crippen LogP contribution in [0.15, 0.2) is 48.5 Å². The average Bonchev–Trinajstić information content (AvgIpc) is 2.65. The Morgan fingerprint density at radius 3 is 2.52 bits per heavy atom. The van der Waals surface area contributed by atoms with Crippen molar-refractivity contribution < 1.29 is 9.59 Å². The molecule has 2 aromatic rings. The monoisotopic (exact) mass is 406 g/mol. The van der Waals surface area contributed by atoms with Crippen molar-refractivity contribution in [3.8, 4) is 0 Å². The van der Waals surface area contributed by atoms with Gasteiger partial charge in [-0.05, 0) is 49.6 Å². The summed E-state index contributed by atoms with van der Waals surface area (Å²) in [5.74, 6) is -0.278. The van der Waals surface area contributed by atoms with Crippen LogP contribution < -0.4 is 5.32 Å². The Balaban J connectivity index is 2.15. The van der Waals surface area contributed by atoms with Crippen LogP contribution in [0.5, 0.6) is 0 Å². The Bertz CT molecular complexity index is 795. The number of nitrogens with one attached hydrogen (secondary N) is 1. The van der Waals surface area contributed by atoms with Crippen molar-refractivity contribution in [1.82, 2.24) is 10.2 Å². The second-order valence-corrected chi connectivity index (χ2v) is 7.16. The number of rotatable bonds is 8. The zero-order chi connectivity index (χ0) is 19.8. The number of likely N-dealkylation sites (N-methyl/N-ethyl adjacent to an activating group) is 1. The molecule has 1 atom stereocenters. The Morgan fingerprint density at radius 1 is 1.11 bits per heavy atom. The van der Waals surface area contributed by atoms with Gasteiger partial charge in [0, 0.05) is 29.6 Å². The highest BCUT2D eigenvalue weighted by atomic mass is 35.5. The van der Waals surface area contributed by atoms with Gasteiger partial charge in [0.2, 0.25) is 11.8 Å². The minimum atomic E-state index is -0.581. The van der Waals surface area contributed by atoms with E-state index in [0.717, 1.165) is 11.1 Å². The quantitative estimate of drug-likeness (QED) is 0.702. The molecule has 2 aromatic carbocycles. The van der Waals surface area contributed by atoms with E-state index in [1.54, 1.807) is 24.0 Å². The average molecular weight is 407 g/mol. The summed E-state index contributed by atoms with van der Waals surface area (Å²) in [7, 11) is 0. The predicted octanol–water partition coefficient (Wildman–Crippen LogP) is 4.48. The molecule has 4 nitrogen and oxygen atoms in total. The summed E-state index contributed by atoms with van der Waals surface area (Å²) in [5, 5.41) is 4.02. The maximum Gasteiger partial charge on any atom is 0.242 e. The first kappa shape index (κ1) is 21.3. The molecule has 2 amide bonds. The number of hydrogen-bond acceptors (Lipinski definition) is 2. The third kappa shape index (κ3) is 6.26. The van der Waals surface area contributed by atoms with Crippen LogP contribution in [0.2, 0.25) is 10.0 Å². The number of carbonyl (C=O) groups excluding carboxylic acids is 2. The van der Waals surface area contributed by atoms with Gasteiger partial charge in [0.15, 0.2) is 0 Å². The van der Waals surface area contributed by atoms with Crippen molar-refractivity contribution in [1.29, 1.82) is 0 Å². The molecular weight excluding hydrogens is 383 g/mol. The Hall–Kier alpha value is -2.04. The number of halogens is 2. The van der Waals surface area contributed by atoms with Gasteiger partial charge in [0.1, 0.15) is 6.04 Å². The van der Waals surface area contributed by atoms with E-state index >= 15 is 0 Å². The van der Waals surface area contributed by atoms with E-state index in [9.17, 15) is 9.59 Å². The Morgan fingerprint density at radius 2 is 1.85 bits per heavy atom. The van der Waals surface area contributed by atoms with E-state index in [4.69, 9.17) is 23.2 Å². The van der Waals surface area contributed by atoms with Crippen LogP contribution in [-0.4, -0.2) is 29.3 Å². The maximum absolute atomic E-state index is 12.9. The predicted molar refractivity (Wildman–Crippen MR) is 110 cm³/mol. The third-order valence-corrected chi connectivity index (χ3v) is 4.93. The maximum atomic E-state index is 12.9. The van der Waals surface area contributed by atoms with Crippen LogP contribution in [0.4, 0.5) is 0 Å². The van der Waals surface area contributed by atoms with Crippen molar-refractivity contribution in [2.45, 2.75) is 39.3 Å². The largest absolute Gasteiger partial charge is 0.355 e. The molecule has 0 aliphatic rings. The van der Waals surface area contributed by atoms with E-state index in [2.05, 4.69) is 5.32 Å². The molecule has 27 heavy (non-hydrogen) atoms. The summed E-state index contributed by atoms with van der Waals surface area (Å²) in [6.45, 7) is 4.43. The molecule has 0 fully saturated rings. The summed E-state index contributed by atoms with van der Waals surface area (Å²) in [5.41, 5.74) is 1.80. The lowest BCUT2D eigenvalue weighted by molar-refractivity contribution is -0.140. The van der Waals surface area contributed by atoms with Crippen molar-refractivity contribution in [3.05, 3.63) is 69.7 Å². The molecule has 0 bridgehead atoms. The Labute approximate surface area is 170 Å². The van der Waals surface area contributed by atoms with E-state index in [0.29, 0.717) is 29.6 Å². The third-order valence-electron chi connectivity index (χ3n) is 4.33. The summed E-state index contributed by atoms with van der Waals surface area (Å²) in [4.78, 5) is 26.9. The molecule has 1 N–H and O–H groups in total. The van der Waals surface area contributed by atoms with Gasteiger partial charge in [-0.1, -0.05) is 53.5 Å². The summed E-state index contributed by atoms with van der Waals surface area (Å²) >= 11 is 12.2. The van der Waals surface area contributed by atoms with Crippen molar-refractivity contribution in [2.24, 2.45) is 0 Å². The first-order valence-corrected chi connectivity index (χ1v) is 9.73. The van der Waals surface area contributed by atoms with Crippen LogP contribution in [-0.2, 0) is 22.6 Å². The highest BCUT2D eigenvalue weighted by Gasteiger charge is 2.25. The van der Waals surface area contributed by atoms with Crippen LogP contribution in [0.25, 0.3) is 0 Å². The van der Waals surface area contributed by atoms with Crippen LogP contribution in [0, 0.1) is 0 Å². The number of aryl methyl sites for hydroxylation is 1. The van der Waals surface area contributed by atoms with Gasteiger partial charge >= 0.3 is 0 Å². The first-order chi connectivity index (χ1) is 12.9. The fraction of sp³-hybridized carbons (Fsp3) is 0.333. The molecule has 0 radical (unpaired) electrons. The Kier molecular flexibility index (Phi) is 8.14. The van der Waals surface area contributed by atoms with Crippen molar-refractivity contribution >= 4 is 35.0 Å². The molecule has 6 heteroatoms. The highest BCUT2D eigenvalue weighted by molar-refractivity contribution is 6.31. The molecule has 2 rings (SSSR count). The van der Waals surface area contributed by atoms with Gasteiger partial charge in [0.05, 0.1) is 0 Å². The number of nitrogens with zero attached hydrogens (tertiary/aromatic N) is 1. The van der Waals surface area contributed by atoms with Gasteiger partial charge < -0.3 is 10.2 Å². The zero-order valence-corrected chi connectivity index (χ0v) is 17.1. The van der Waals surface area contributed by atoms with E-state index in [1.807, 2.05) is 43.3 Å². The first-order valence-electron chi connectivity index (χ1n) is 8.97. The number of carbonyl (C=O) groups is 2. The van der Waals surface area contributed by atoms with Gasteiger partial charge in [0.25, 0.3) is 0 Å². The van der Waals surface area contributed by atoms with Crippen molar-refractivity contribution in [2.75, 3.05) is 6.54 Å². The molecule has 0 aliphatic carbocycles. The smallest absolute Gasteiger partial charge is 0.242 e. The van der Waals surface area contributed by atoms with Gasteiger partial charge in [-0.3, -0.25) is 9.59 Å². The molecule has 0 aliphatic heterocycles. The molecule has 0 aromatic heterocycles. The fourth-order valence-corrected chi connectivity index (χ4v) is 3.27. The lowest BCUT2D eigenvalue weighted by Gasteiger charge is -2.29. The SMILES string of the molecule is CCNC(=O)C(C)N(Cc1cccc(Cl)c1)C(=O)CCc1ccccc1Cl. The second-order valence-electron chi connectivity index (χ2n) is 6.31. The van der Waals surface area contributed by atoms with Crippen LogP contribution >= 0.6 is 23.2 Å². The summed E-state index contributed by atoms with van der Waals surface area (Å²) < 4.78 is 0. The molecule has 0 saturated carbocycles. The normalized spacial score (nSPS) is 11.7. The number of amides is 2. The lowest BCUT2D eigenvalue weighted by Crippen LogP contribution is -2.47.